The summed E-state index contributed by atoms with van der Waals surface area (Å²) in [4.78, 5) is 14.9. The molecule has 4 nitrogen and oxygen atoms in total. The molecule has 3 fully saturated rings. The standard InChI is InChI=1S/C16H20BNO3/c19-16-14-9-5-4-8-13(14)15(17-20-10-11-21-17)18(16)12-6-2-1-3-7-12/h1-3,6-7,13-15H,4-5,8-11H2. The van der Waals surface area contributed by atoms with Crippen molar-refractivity contribution in [1.82, 2.24) is 0 Å². The average Bonchev–Trinajstić information content (AvgIpc) is 3.15. The van der Waals surface area contributed by atoms with Crippen LogP contribution in [-0.4, -0.2) is 32.2 Å². The van der Waals surface area contributed by atoms with Crippen molar-refractivity contribution >= 4 is 18.7 Å². The average molecular weight is 285 g/mol. The van der Waals surface area contributed by atoms with Gasteiger partial charge in [-0.2, -0.15) is 0 Å². The Bertz CT molecular complexity index is 518. The van der Waals surface area contributed by atoms with E-state index in [4.69, 9.17) is 9.31 Å². The molecular formula is C16H20BNO3. The highest BCUT2D eigenvalue weighted by Gasteiger charge is 2.55. The zero-order valence-electron chi connectivity index (χ0n) is 12.1. The Kier molecular flexibility index (Phi) is 3.47. The number of carbonyl (C=O) groups is 1. The quantitative estimate of drug-likeness (QED) is 0.782. The van der Waals surface area contributed by atoms with Crippen molar-refractivity contribution in [3.8, 4) is 0 Å². The molecule has 5 heteroatoms. The maximum atomic E-state index is 12.9. The van der Waals surface area contributed by atoms with Crippen LogP contribution in [0.15, 0.2) is 30.3 Å². The smallest absolute Gasteiger partial charge is 0.407 e. The summed E-state index contributed by atoms with van der Waals surface area (Å²) in [6.07, 6.45) is 4.48. The summed E-state index contributed by atoms with van der Waals surface area (Å²) in [6, 6.07) is 9.97. The van der Waals surface area contributed by atoms with Crippen LogP contribution in [0.25, 0.3) is 0 Å². The molecule has 3 aliphatic rings. The number of fused-ring (bicyclic) bond motifs is 1. The molecule has 3 atom stereocenters. The van der Waals surface area contributed by atoms with Gasteiger partial charge in [0.05, 0.1) is 19.2 Å². The molecule has 4 rings (SSSR count). The molecule has 0 aromatic heterocycles. The first-order chi connectivity index (χ1) is 10.4. The lowest BCUT2D eigenvalue weighted by atomic mass is 9.65. The molecule has 0 bridgehead atoms. The van der Waals surface area contributed by atoms with Gasteiger partial charge in [0.25, 0.3) is 0 Å². The van der Waals surface area contributed by atoms with E-state index in [0.717, 1.165) is 24.9 Å². The Labute approximate surface area is 125 Å². The van der Waals surface area contributed by atoms with Crippen molar-refractivity contribution in [2.45, 2.75) is 31.6 Å². The lowest BCUT2D eigenvalue weighted by Crippen LogP contribution is -2.48. The number of anilines is 1. The second-order valence-electron chi connectivity index (χ2n) is 6.20. The van der Waals surface area contributed by atoms with E-state index in [9.17, 15) is 4.79 Å². The van der Waals surface area contributed by atoms with Gasteiger partial charge < -0.3 is 14.2 Å². The highest BCUT2D eigenvalue weighted by molar-refractivity contribution is 6.49. The van der Waals surface area contributed by atoms with Crippen molar-refractivity contribution < 1.29 is 14.1 Å². The van der Waals surface area contributed by atoms with Gasteiger partial charge in [-0.3, -0.25) is 4.79 Å². The summed E-state index contributed by atoms with van der Waals surface area (Å²) in [5.41, 5.74) is 0.973. The summed E-state index contributed by atoms with van der Waals surface area (Å²) >= 11 is 0. The molecule has 0 radical (unpaired) electrons. The van der Waals surface area contributed by atoms with Crippen LogP contribution in [0.4, 0.5) is 5.69 Å². The van der Waals surface area contributed by atoms with Gasteiger partial charge in [0, 0.05) is 11.6 Å². The van der Waals surface area contributed by atoms with E-state index in [1.165, 1.54) is 6.42 Å². The minimum atomic E-state index is -0.262. The fourth-order valence-corrected chi connectivity index (χ4v) is 4.18. The van der Waals surface area contributed by atoms with Gasteiger partial charge in [-0.15, -0.1) is 0 Å². The number of carbonyl (C=O) groups excluding carboxylic acids is 1. The van der Waals surface area contributed by atoms with Gasteiger partial charge in [-0.1, -0.05) is 31.0 Å². The maximum absolute atomic E-state index is 12.9. The Morgan fingerprint density at radius 2 is 1.76 bits per heavy atom. The van der Waals surface area contributed by atoms with E-state index in [2.05, 4.69) is 0 Å². The van der Waals surface area contributed by atoms with E-state index < -0.39 is 0 Å². The molecule has 2 aliphatic heterocycles. The summed E-state index contributed by atoms with van der Waals surface area (Å²) in [7, 11) is -0.262. The third-order valence-electron chi connectivity index (χ3n) is 5.07. The van der Waals surface area contributed by atoms with Crippen LogP contribution >= 0.6 is 0 Å². The van der Waals surface area contributed by atoms with Crippen LogP contribution in [0.1, 0.15) is 25.7 Å². The van der Waals surface area contributed by atoms with Crippen LogP contribution in [0.3, 0.4) is 0 Å². The number of hydrogen-bond donors (Lipinski definition) is 0. The van der Waals surface area contributed by atoms with Crippen molar-refractivity contribution in [3.05, 3.63) is 30.3 Å². The molecular weight excluding hydrogens is 265 g/mol. The number of para-hydroxylation sites is 1. The SMILES string of the molecule is O=C1C2CCCCC2C(B2OCCO2)N1c1ccccc1. The number of amides is 1. The highest BCUT2D eigenvalue weighted by atomic mass is 16.6. The van der Waals surface area contributed by atoms with Gasteiger partial charge in [0.15, 0.2) is 0 Å². The van der Waals surface area contributed by atoms with E-state index in [-0.39, 0.29) is 24.9 Å². The summed E-state index contributed by atoms with van der Waals surface area (Å²) in [6.45, 7) is 1.27. The first-order valence-electron chi connectivity index (χ1n) is 7.97. The zero-order chi connectivity index (χ0) is 14.2. The summed E-state index contributed by atoms with van der Waals surface area (Å²) in [5.74, 6) is 0.814. The zero-order valence-corrected chi connectivity index (χ0v) is 12.1. The Balaban J connectivity index is 1.72. The number of nitrogens with zero attached hydrogens (tertiary/aromatic N) is 1. The third-order valence-corrected chi connectivity index (χ3v) is 5.07. The number of benzene rings is 1. The molecule has 1 aromatic rings. The van der Waals surface area contributed by atoms with Crippen LogP contribution in [0.5, 0.6) is 0 Å². The van der Waals surface area contributed by atoms with Crippen LogP contribution < -0.4 is 4.90 Å². The van der Waals surface area contributed by atoms with Crippen LogP contribution in [-0.2, 0) is 14.1 Å². The molecule has 1 aromatic carbocycles. The molecule has 2 heterocycles. The number of rotatable bonds is 2. The predicted molar refractivity (Wildman–Crippen MR) is 80.8 cm³/mol. The van der Waals surface area contributed by atoms with Crippen molar-refractivity contribution in [2.75, 3.05) is 18.1 Å². The highest BCUT2D eigenvalue weighted by Crippen LogP contribution is 2.44. The second kappa shape index (κ2) is 5.46. The Morgan fingerprint density at radius 1 is 1.05 bits per heavy atom. The Morgan fingerprint density at radius 3 is 2.52 bits per heavy atom. The normalized spacial score (nSPS) is 32.6. The predicted octanol–water partition coefficient (Wildman–Crippen LogP) is 2.28. The first kappa shape index (κ1) is 13.3. The minimum absolute atomic E-state index is 0.0349. The topological polar surface area (TPSA) is 38.8 Å². The lowest BCUT2D eigenvalue weighted by Gasteiger charge is -2.30. The summed E-state index contributed by atoms with van der Waals surface area (Å²) in [5, 5.41) is 0. The third kappa shape index (κ3) is 2.19. The molecule has 1 saturated carbocycles. The van der Waals surface area contributed by atoms with Crippen LogP contribution in [0, 0.1) is 11.8 Å². The molecule has 3 unspecified atom stereocenters. The van der Waals surface area contributed by atoms with Crippen molar-refractivity contribution in [2.24, 2.45) is 11.8 Å². The van der Waals surface area contributed by atoms with E-state index >= 15 is 0 Å². The van der Waals surface area contributed by atoms with Gasteiger partial charge in [0.1, 0.15) is 0 Å². The fourth-order valence-electron chi connectivity index (χ4n) is 4.18. The molecule has 2 saturated heterocycles. The molecule has 21 heavy (non-hydrogen) atoms. The molecule has 0 spiro atoms. The van der Waals surface area contributed by atoms with Crippen molar-refractivity contribution in [1.29, 1.82) is 0 Å². The Hall–Kier alpha value is -1.33. The van der Waals surface area contributed by atoms with E-state index in [1.54, 1.807) is 0 Å². The molecule has 110 valence electrons. The lowest BCUT2D eigenvalue weighted by molar-refractivity contribution is -0.121. The minimum Gasteiger partial charge on any atom is -0.407 e. The molecule has 0 N–H and O–H groups in total. The van der Waals surface area contributed by atoms with Gasteiger partial charge >= 0.3 is 7.12 Å². The second-order valence-corrected chi connectivity index (χ2v) is 6.20. The van der Waals surface area contributed by atoms with Gasteiger partial charge in [-0.25, -0.2) is 0 Å². The maximum Gasteiger partial charge on any atom is 0.482 e. The van der Waals surface area contributed by atoms with Crippen molar-refractivity contribution in [3.63, 3.8) is 0 Å². The van der Waals surface area contributed by atoms with Crippen LogP contribution in [0.2, 0.25) is 0 Å². The van der Waals surface area contributed by atoms with Gasteiger partial charge in [0.2, 0.25) is 5.91 Å². The van der Waals surface area contributed by atoms with E-state index in [1.807, 2.05) is 35.2 Å². The number of hydrogen-bond acceptors (Lipinski definition) is 3. The summed E-state index contributed by atoms with van der Waals surface area (Å²) < 4.78 is 11.5. The van der Waals surface area contributed by atoms with Gasteiger partial charge in [-0.05, 0) is 30.9 Å². The monoisotopic (exact) mass is 285 g/mol. The molecule has 1 aliphatic carbocycles. The van der Waals surface area contributed by atoms with E-state index in [0.29, 0.717) is 19.1 Å². The first-order valence-corrected chi connectivity index (χ1v) is 7.97. The largest absolute Gasteiger partial charge is 0.482 e. The fraction of sp³-hybridized carbons (Fsp3) is 0.562. The molecule has 1 amide bonds.